The van der Waals surface area contributed by atoms with Crippen LogP contribution in [-0.2, 0) is 4.79 Å². The number of nitrogens with one attached hydrogen (secondary N) is 1. The van der Waals surface area contributed by atoms with Crippen LogP contribution in [0.1, 0.15) is 36.9 Å². The number of rotatable bonds is 4. The zero-order chi connectivity index (χ0) is 18.0. The van der Waals surface area contributed by atoms with Gasteiger partial charge in [-0.2, -0.15) is 4.73 Å². The molecular weight excluding hydrogens is 316 g/mol. The number of amides is 1. The second-order valence-electron chi connectivity index (χ2n) is 6.78. The molecule has 2 heterocycles. The number of aryl methyl sites for hydroxylation is 1. The molecule has 0 radical (unpaired) electrons. The monoisotopic (exact) mass is 340 g/mol. The molecule has 1 aliphatic carbocycles. The van der Waals surface area contributed by atoms with Gasteiger partial charge in [0.15, 0.2) is 11.9 Å². The van der Waals surface area contributed by atoms with E-state index in [9.17, 15) is 10.0 Å². The highest BCUT2D eigenvalue weighted by atomic mass is 16.5. The quantitative estimate of drug-likeness (QED) is 0.660. The van der Waals surface area contributed by atoms with Crippen LogP contribution in [-0.4, -0.2) is 16.9 Å². The van der Waals surface area contributed by atoms with Crippen molar-refractivity contribution in [3.8, 4) is 11.1 Å². The molecule has 0 spiro atoms. The highest BCUT2D eigenvalue weighted by molar-refractivity contribution is 5.94. The first-order valence-electron chi connectivity index (χ1n) is 8.69. The second-order valence-corrected chi connectivity index (χ2v) is 6.78. The first kappa shape index (κ1) is 17.4. The summed E-state index contributed by atoms with van der Waals surface area (Å²) in [4.78, 5) is 16.6. The Kier molecular flexibility index (Phi) is 4.99. The summed E-state index contributed by atoms with van der Waals surface area (Å²) in [6.45, 7) is 3.74. The van der Waals surface area contributed by atoms with Crippen molar-refractivity contribution >= 4 is 11.7 Å². The predicted octanol–water partition coefficient (Wildman–Crippen LogP) is 2.45. The van der Waals surface area contributed by atoms with Crippen molar-refractivity contribution in [1.82, 2.24) is 4.98 Å². The molecule has 1 atom stereocenters. The molecular formula is C19H24N4O2. The lowest BCUT2D eigenvalue weighted by Crippen LogP contribution is -2.41. The van der Waals surface area contributed by atoms with Crippen LogP contribution in [0.5, 0.6) is 0 Å². The minimum atomic E-state index is -0.484. The summed E-state index contributed by atoms with van der Waals surface area (Å²) in [6.07, 6.45) is 7.50. The summed E-state index contributed by atoms with van der Waals surface area (Å²) in [6, 6.07) is 4.90. The highest BCUT2D eigenvalue weighted by Crippen LogP contribution is 2.28. The standard InChI is InChI=1S/C19H24N4O2/c1-12-9-10-23(25)13(2)17(12)15-7-8-16(21-11-15)22-19(24)18(20)14-5-3-4-6-14/h7-11,14,18H,3-6,20H2,1-2H3,(H,21,22,24). The molecule has 1 unspecified atom stereocenters. The smallest absolute Gasteiger partial charge is 0.242 e. The first-order valence-corrected chi connectivity index (χ1v) is 8.69. The Morgan fingerprint density at radius 1 is 1.32 bits per heavy atom. The molecule has 25 heavy (non-hydrogen) atoms. The van der Waals surface area contributed by atoms with Crippen molar-refractivity contribution in [2.45, 2.75) is 45.6 Å². The van der Waals surface area contributed by atoms with E-state index in [1.165, 1.54) is 6.20 Å². The molecule has 2 aromatic rings. The van der Waals surface area contributed by atoms with Gasteiger partial charge in [0, 0.05) is 24.8 Å². The third kappa shape index (κ3) is 3.64. The van der Waals surface area contributed by atoms with E-state index in [0.717, 1.165) is 47.1 Å². The van der Waals surface area contributed by atoms with E-state index < -0.39 is 6.04 Å². The lowest BCUT2D eigenvalue weighted by atomic mass is 9.98. The number of nitrogens with two attached hydrogens (primary N) is 1. The van der Waals surface area contributed by atoms with Crippen LogP contribution in [0.15, 0.2) is 30.6 Å². The molecule has 0 aromatic carbocycles. The summed E-state index contributed by atoms with van der Waals surface area (Å²) in [7, 11) is 0. The van der Waals surface area contributed by atoms with Crippen LogP contribution in [0.25, 0.3) is 11.1 Å². The maximum absolute atomic E-state index is 12.3. The van der Waals surface area contributed by atoms with Crippen molar-refractivity contribution in [1.29, 1.82) is 0 Å². The predicted molar refractivity (Wildman–Crippen MR) is 96.7 cm³/mol. The summed E-state index contributed by atoms with van der Waals surface area (Å²) >= 11 is 0. The lowest BCUT2D eigenvalue weighted by molar-refractivity contribution is -0.611. The van der Waals surface area contributed by atoms with Gasteiger partial charge in [0.25, 0.3) is 0 Å². The fourth-order valence-electron chi connectivity index (χ4n) is 3.56. The molecule has 0 saturated heterocycles. The molecule has 1 amide bonds. The van der Waals surface area contributed by atoms with E-state index in [2.05, 4.69) is 10.3 Å². The van der Waals surface area contributed by atoms with Crippen molar-refractivity contribution < 1.29 is 9.52 Å². The summed E-state index contributed by atoms with van der Waals surface area (Å²) < 4.78 is 0.846. The number of carbonyl (C=O) groups is 1. The fraction of sp³-hybridized carbons (Fsp3) is 0.421. The molecule has 0 aliphatic heterocycles. The molecule has 1 saturated carbocycles. The number of pyridine rings is 2. The van der Waals surface area contributed by atoms with Crippen LogP contribution >= 0.6 is 0 Å². The first-order chi connectivity index (χ1) is 12.0. The van der Waals surface area contributed by atoms with Gasteiger partial charge in [0.05, 0.1) is 11.6 Å². The number of aromatic nitrogens is 2. The third-order valence-electron chi connectivity index (χ3n) is 5.06. The van der Waals surface area contributed by atoms with Crippen molar-refractivity contribution in [3.05, 3.63) is 47.1 Å². The Labute approximate surface area is 147 Å². The average Bonchev–Trinajstić information content (AvgIpc) is 3.14. The van der Waals surface area contributed by atoms with Crippen LogP contribution in [0.3, 0.4) is 0 Å². The molecule has 132 valence electrons. The molecule has 1 aliphatic rings. The van der Waals surface area contributed by atoms with Gasteiger partial charge in [-0.05, 0) is 43.4 Å². The van der Waals surface area contributed by atoms with E-state index in [1.807, 2.05) is 13.0 Å². The van der Waals surface area contributed by atoms with Gasteiger partial charge in [-0.1, -0.05) is 12.8 Å². The van der Waals surface area contributed by atoms with Gasteiger partial charge >= 0.3 is 0 Å². The van der Waals surface area contributed by atoms with Crippen LogP contribution in [0.4, 0.5) is 5.82 Å². The van der Waals surface area contributed by atoms with Crippen molar-refractivity contribution in [2.75, 3.05) is 5.32 Å². The third-order valence-corrected chi connectivity index (χ3v) is 5.06. The van der Waals surface area contributed by atoms with Gasteiger partial charge in [-0.15, -0.1) is 0 Å². The maximum atomic E-state index is 12.3. The summed E-state index contributed by atoms with van der Waals surface area (Å²) in [5.41, 5.74) is 9.41. The van der Waals surface area contributed by atoms with Gasteiger partial charge in [-0.3, -0.25) is 4.79 Å². The van der Waals surface area contributed by atoms with Crippen molar-refractivity contribution in [3.63, 3.8) is 0 Å². The van der Waals surface area contributed by atoms with Crippen LogP contribution in [0.2, 0.25) is 0 Å². The van der Waals surface area contributed by atoms with Crippen molar-refractivity contribution in [2.24, 2.45) is 11.7 Å². The van der Waals surface area contributed by atoms with E-state index in [4.69, 9.17) is 5.73 Å². The molecule has 3 rings (SSSR count). The van der Waals surface area contributed by atoms with E-state index in [1.54, 1.807) is 25.3 Å². The number of anilines is 1. The topological polar surface area (TPSA) is 95.0 Å². The minimum absolute atomic E-state index is 0.184. The van der Waals surface area contributed by atoms with Gasteiger partial charge in [0.1, 0.15) is 5.82 Å². The highest BCUT2D eigenvalue weighted by Gasteiger charge is 2.27. The zero-order valence-electron chi connectivity index (χ0n) is 14.7. The summed E-state index contributed by atoms with van der Waals surface area (Å²) in [5, 5.41) is 14.6. The van der Waals surface area contributed by atoms with Gasteiger partial charge < -0.3 is 16.3 Å². The Morgan fingerprint density at radius 3 is 2.68 bits per heavy atom. The molecule has 1 fully saturated rings. The van der Waals surface area contributed by atoms with E-state index >= 15 is 0 Å². The number of hydrogen-bond donors (Lipinski definition) is 2. The lowest BCUT2D eigenvalue weighted by Gasteiger charge is -2.18. The fourth-order valence-corrected chi connectivity index (χ4v) is 3.56. The van der Waals surface area contributed by atoms with E-state index in [0.29, 0.717) is 11.5 Å². The number of nitrogens with zero attached hydrogens (tertiary/aromatic N) is 2. The van der Waals surface area contributed by atoms with E-state index in [-0.39, 0.29) is 11.8 Å². The largest absolute Gasteiger partial charge is 0.618 e. The molecule has 3 N–H and O–H groups in total. The molecule has 6 nitrogen and oxygen atoms in total. The zero-order valence-corrected chi connectivity index (χ0v) is 14.7. The average molecular weight is 340 g/mol. The number of hydrogen-bond acceptors (Lipinski definition) is 4. The Balaban J connectivity index is 1.75. The SMILES string of the molecule is Cc1cc[n+]([O-])c(C)c1-c1ccc(NC(=O)C(N)C2CCCC2)nc1. The van der Waals surface area contributed by atoms with Gasteiger partial charge in [-0.25, -0.2) is 4.98 Å². The summed E-state index contributed by atoms with van der Waals surface area (Å²) in [5.74, 6) is 0.557. The maximum Gasteiger partial charge on any atom is 0.242 e. The normalized spacial score (nSPS) is 16.0. The van der Waals surface area contributed by atoms with Gasteiger partial charge in [0.2, 0.25) is 5.91 Å². The Bertz CT molecular complexity index is 768. The second kappa shape index (κ2) is 7.19. The number of carbonyl (C=O) groups excluding carboxylic acids is 1. The van der Waals surface area contributed by atoms with Crippen LogP contribution in [0, 0.1) is 25.0 Å². The Morgan fingerprint density at radius 2 is 2.04 bits per heavy atom. The minimum Gasteiger partial charge on any atom is -0.618 e. The van der Waals surface area contributed by atoms with Crippen LogP contribution < -0.4 is 15.8 Å². The Hall–Kier alpha value is -2.47. The molecule has 0 bridgehead atoms. The molecule has 2 aromatic heterocycles. The molecule has 6 heteroatoms.